The molecule has 0 N–H and O–H groups in total. The number of carbonyl (C=O) groups is 1. The van der Waals surface area contributed by atoms with Crippen LogP contribution in [0.25, 0.3) is 11.0 Å². The van der Waals surface area contributed by atoms with Crippen LogP contribution in [0.15, 0.2) is 24.5 Å². The highest BCUT2D eigenvalue weighted by Crippen LogP contribution is 2.28. The van der Waals surface area contributed by atoms with E-state index in [1.54, 1.807) is 12.4 Å². The zero-order valence-corrected chi connectivity index (χ0v) is 8.18. The van der Waals surface area contributed by atoms with Crippen molar-refractivity contribution in [1.29, 1.82) is 0 Å². The van der Waals surface area contributed by atoms with Crippen molar-refractivity contribution in [3.63, 3.8) is 0 Å². The SMILES string of the molecule is O=CC1Cc2cc3nccnc3cc2C1. The van der Waals surface area contributed by atoms with Gasteiger partial charge in [0.25, 0.3) is 0 Å². The summed E-state index contributed by atoms with van der Waals surface area (Å²) in [7, 11) is 0. The molecule has 3 rings (SSSR count). The number of hydrogen-bond donors (Lipinski definition) is 0. The van der Waals surface area contributed by atoms with E-state index in [0.29, 0.717) is 0 Å². The Balaban J connectivity index is 2.18. The van der Waals surface area contributed by atoms with Gasteiger partial charge in [-0.15, -0.1) is 0 Å². The van der Waals surface area contributed by atoms with Crippen molar-refractivity contribution in [2.45, 2.75) is 12.8 Å². The summed E-state index contributed by atoms with van der Waals surface area (Å²) in [6.45, 7) is 0. The first-order valence-electron chi connectivity index (χ1n) is 5.04. The summed E-state index contributed by atoms with van der Waals surface area (Å²) in [4.78, 5) is 19.3. The van der Waals surface area contributed by atoms with Crippen LogP contribution in [-0.4, -0.2) is 16.3 Å². The van der Waals surface area contributed by atoms with Gasteiger partial charge in [-0.1, -0.05) is 0 Å². The van der Waals surface area contributed by atoms with Crippen molar-refractivity contribution < 1.29 is 4.79 Å². The maximum atomic E-state index is 10.7. The first-order valence-corrected chi connectivity index (χ1v) is 5.04. The van der Waals surface area contributed by atoms with E-state index in [1.165, 1.54) is 11.1 Å². The topological polar surface area (TPSA) is 42.9 Å². The second kappa shape index (κ2) is 3.12. The van der Waals surface area contributed by atoms with Crippen molar-refractivity contribution in [2.24, 2.45) is 5.92 Å². The molecule has 0 bridgehead atoms. The van der Waals surface area contributed by atoms with Gasteiger partial charge >= 0.3 is 0 Å². The lowest BCUT2D eigenvalue weighted by molar-refractivity contribution is -0.110. The van der Waals surface area contributed by atoms with Crippen LogP contribution in [0, 0.1) is 5.92 Å². The highest BCUT2D eigenvalue weighted by Gasteiger charge is 2.21. The molecule has 74 valence electrons. The van der Waals surface area contributed by atoms with E-state index in [2.05, 4.69) is 22.1 Å². The number of rotatable bonds is 1. The van der Waals surface area contributed by atoms with Crippen molar-refractivity contribution >= 4 is 17.3 Å². The predicted octanol–water partition coefficient (Wildman–Crippen LogP) is 1.54. The second-order valence-electron chi connectivity index (χ2n) is 3.97. The second-order valence-corrected chi connectivity index (χ2v) is 3.97. The Morgan fingerprint density at radius 3 is 2.07 bits per heavy atom. The summed E-state index contributed by atoms with van der Waals surface area (Å²) >= 11 is 0. The quantitative estimate of drug-likeness (QED) is 0.653. The predicted molar refractivity (Wildman–Crippen MR) is 56.5 cm³/mol. The monoisotopic (exact) mass is 198 g/mol. The average molecular weight is 198 g/mol. The van der Waals surface area contributed by atoms with E-state index >= 15 is 0 Å². The minimum atomic E-state index is 0.150. The van der Waals surface area contributed by atoms with Gasteiger partial charge in [-0.25, -0.2) is 0 Å². The summed E-state index contributed by atoms with van der Waals surface area (Å²) in [5.41, 5.74) is 4.34. The highest BCUT2D eigenvalue weighted by molar-refractivity contribution is 5.77. The number of nitrogens with zero attached hydrogens (tertiary/aromatic N) is 2. The molecule has 1 heterocycles. The molecule has 0 fully saturated rings. The summed E-state index contributed by atoms with van der Waals surface area (Å²) in [6.07, 6.45) is 6.14. The smallest absolute Gasteiger partial charge is 0.123 e. The minimum Gasteiger partial charge on any atom is -0.303 e. The number of hydrogen-bond acceptors (Lipinski definition) is 3. The lowest BCUT2D eigenvalue weighted by Gasteiger charge is -2.00. The van der Waals surface area contributed by atoms with Crippen molar-refractivity contribution in [2.75, 3.05) is 0 Å². The summed E-state index contributed by atoms with van der Waals surface area (Å²) < 4.78 is 0. The van der Waals surface area contributed by atoms with Crippen LogP contribution in [0.5, 0.6) is 0 Å². The molecule has 0 unspecified atom stereocenters. The molecule has 3 heteroatoms. The fourth-order valence-electron chi connectivity index (χ4n) is 2.21. The van der Waals surface area contributed by atoms with Crippen LogP contribution < -0.4 is 0 Å². The molecular weight excluding hydrogens is 188 g/mol. The van der Waals surface area contributed by atoms with Crippen LogP contribution in [0.3, 0.4) is 0 Å². The molecule has 1 aromatic heterocycles. The van der Waals surface area contributed by atoms with E-state index in [1.807, 2.05) is 0 Å². The van der Waals surface area contributed by atoms with Crippen LogP contribution in [0.4, 0.5) is 0 Å². The van der Waals surface area contributed by atoms with Gasteiger partial charge in [-0.2, -0.15) is 0 Å². The van der Waals surface area contributed by atoms with Crippen LogP contribution >= 0.6 is 0 Å². The largest absolute Gasteiger partial charge is 0.303 e. The Hall–Kier alpha value is -1.77. The maximum absolute atomic E-state index is 10.7. The summed E-state index contributed by atoms with van der Waals surface area (Å²) in [6, 6.07) is 4.11. The Labute approximate surface area is 87.2 Å². The molecule has 0 aliphatic heterocycles. The number of benzene rings is 1. The Morgan fingerprint density at radius 1 is 1.07 bits per heavy atom. The van der Waals surface area contributed by atoms with Gasteiger partial charge in [0.1, 0.15) is 6.29 Å². The Morgan fingerprint density at radius 2 is 1.60 bits per heavy atom. The third-order valence-electron chi connectivity index (χ3n) is 2.95. The molecule has 1 aliphatic rings. The minimum absolute atomic E-state index is 0.150. The van der Waals surface area contributed by atoms with E-state index in [4.69, 9.17) is 0 Å². The van der Waals surface area contributed by atoms with Gasteiger partial charge in [-0.05, 0) is 36.1 Å². The molecule has 1 aliphatic carbocycles. The lowest BCUT2D eigenvalue weighted by atomic mass is 10.1. The number of aldehydes is 1. The highest BCUT2D eigenvalue weighted by atomic mass is 16.1. The van der Waals surface area contributed by atoms with Gasteiger partial charge in [0, 0.05) is 18.3 Å². The zero-order valence-electron chi connectivity index (χ0n) is 8.18. The van der Waals surface area contributed by atoms with E-state index in [-0.39, 0.29) is 5.92 Å². The molecule has 0 saturated carbocycles. The first kappa shape index (κ1) is 8.53. The molecule has 0 atom stereocenters. The third kappa shape index (κ3) is 1.31. The van der Waals surface area contributed by atoms with Gasteiger partial charge in [0.2, 0.25) is 0 Å². The van der Waals surface area contributed by atoms with E-state index in [0.717, 1.165) is 30.2 Å². The van der Waals surface area contributed by atoms with Crippen LogP contribution in [0.2, 0.25) is 0 Å². The fraction of sp³-hybridized carbons (Fsp3) is 0.250. The van der Waals surface area contributed by atoms with Crippen LogP contribution in [-0.2, 0) is 17.6 Å². The molecular formula is C12H10N2O. The fourth-order valence-corrected chi connectivity index (χ4v) is 2.21. The van der Waals surface area contributed by atoms with E-state index < -0.39 is 0 Å². The zero-order chi connectivity index (χ0) is 10.3. The number of aromatic nitrogens is 2. The average Bonchev–Trinajstić information content (AvgIpc) is 2.67. The first-order chi connectivity index (χ1) is 7.36. The summed E-state index contributed by atoms with van der Waals surface area (Å²) in [5, 5.41) is 0. The van der Waals surface area contributed by atoms with E-state index in [9.17, 15) is 4.79 Å². The van der Waals surface area contributed by atoms with Gasteiger partial charge in [0.15, 0.2) is 0 Å². The normalized spacial score (nSPS) is 15.5. The molecule has 2 aromatic rings. The lowest BCUT2D eigenvalue weighted by Crippen LogP contribution is -1.99. The van der Waals surface area contributed by atoms with Gasteiger partial charge < -0.3 is 4.79 Å². The number of carbonyl (C=O) groups excluding carboxylic acids is 1. The van der Waals surface area contributed by atoms with Gasteiger partial charge in [-0.3, -0.25) is 9.97 Å². The molecule has 0 spiro atoms. The maximum Gasteiger partial charge on any atom is 0.123 e. The Kier molecular flexibility index (Phi) is 1.78. The summed E-state index contributed by atoms with van der Waals surface area (Å²) in [5.74, 6) is 0.150. The molecule has 0 amide bonds. The molecule has 3 nitrogen and oxygen atoms in total. The number of fused-ring (bicyclic) bond motifs is 2. The standard InChI is InChI=1S/C12H10N2O/c15-7-8-3-9-5-11-12(6-10(9)4-8)14-2-1-13-11/h1-2,5-8H,3-4H2. The molecule has 15 heavy (non-hydrogen) atoms. The van der Waals surface area contributed by atoms with Gasteiger partial charge in [0.05, 0.1) is 11.0 Å². The van der Waals surface area contributed by atoms with Crippen molar-refractivity contribution in [3.8, 4) is 0 Å². The molecule has 0 saturated heterocycles. The third-order valence-corrected chi connectivity index (χ3v) is 2.95. The van der Waals surface area contributed by atoms with Crippen LogP contribution in [0.1, 0.15) is 11.1 Å². The van der Waals surface area contributed by atoms with Crippen molar-refractivity contribution in [3.05, 3.63) is 35.7 Å². The molecule has 1 aromatic carbocycles. The Bertz CT molecular complexity index is 492. The molecule has 0 radical (unpaired) electrons. The van der Waals surface area contributed by atoms with Crippen molar-refractivity contribution in [1.82, 2.24) is 9.97 Å².